The van der Waals surface area contributed by atoms with Crippen LogP contribution in [0, 0.1) is 0 Å². The Morgan fingerprint density at radius 2 is 2.09 bits per heavy atom. The minimum Gasteiger partial charge on any atom is -0.430 e. The standard InChI is InChI=1S/C19H30N2O2/c1-3-4-9-17-10-8-11-18(14-17)20-19(22)23-16(2)15-21-12-6-5-7-13-21/h8,10-11,14,16H,3-7,9,12-13,15H2,1-2H3,(H,20,22)/p+1/t16-/m0/s1. The summed E-state index contributed by atoms with van der Waals surface area (Å²) >= 11 is 0. The Kier molecular flexibility index (Phi) is 7.40. The molecule has 0 amide bonds. The first-order valence-corrected chi connectivity index (χ1v) is 8.98. The molecule has 1 atom stereocenters. The smallest absolute Gasteiger partial charge is 0.430 e. The Morgan fingerprint density at radius 1 is 1.30 bits per heavy atom. The van der Waals surface area contributed by atoms with Crippen molar-refractivity contribution in [2.24, 2.45) is 0 Å². The summed E-state index contributed by atoms with van der Waals surface area (Å²) in [5.74, 6) is 0. The number of hydrogen-bond donors (Lipinski definition) is 2. The largest absolute Gasteiger partial charge is 0.551 e. The van der Waals surface area contributed by atoms with Gasteiger partial charge in [0.25, 0.3) is 0 Å². The maximum absolute atomic E-state index is 10.0. The molecule has 23 heavy (non-hydrogen) atoms. The van der Waals surface area contributed by atoms with E-state index in [1.165, 1.54) is 37.7 Å². The molecule has 1 aromatic carbocycles. The zero-order chi connectivity index (χ0) is 16.5. The zero-order valence-corrected chi connectivity index (χ0v) is 14.6. The molecule has 0 aromatic heterocycles. The molecule has 2 N–H and O–H groups in total. The second-order valence-corrected chi connectivity index (χ2v) is 6.52. The molecule has 1 aliphatic heterocycles. The molecule has 4 heteroatoms. The number of hydrogen-bond acceptors (Lipinski definition) is 2. The first-order valence-electron chi connectivity index (χ1n) is 8.98. The van der Waals surface area contributed by atoms with E-state index in [0.29, 0.717) is 0 Å². The van der Waals surface area contributed by atoms with E-state index in [2.05, 4.69) is 28.9 Å². The fourth-order valence-corrected chi connectivity index (χ4v) is 3.07. The van der Waals surface area contributed by atoms with Gasteiger partial charge in [-0.05, 0) is 51.3 Å². The highest BCUT2D eigenvalue weighted by molar-refractivity contribution is 5.59. The lowest BCUT2D eigenvalue weighted by molar-refractivity contribution is -0.383. The van der Waals surface area contributed by atoms with E-state index in [0.717, 1.165) is 31.7 Å². The molecule has 0 unspecified atom stereocenters. The van der Waals surface area contributed by atoms with Gasteiger partial charge in [-0.25, -0.2) is 0 Å². The lowest BCUT2D eigenvalue weighted by Gasteiger charge is -2.28. The number of nitrogens with one attached hydrogen (secondary N) is 1. The predicted octanol–water partition coefficient (Wildman–Crippen LogP) is 2.55. The molecule has 0 radical (unpaired) electrons. The van der Waals surface area contributed by atoms with Crippen molar-refractivity contribution < 1.29 is 14.8 Å². The van der Waals surface area contributed by atoms with Gasteiger partial charge in [0.2, 0.25) is 5.69 Å². The van der Waals surface area contributed by atoms with Crippen molar-refractivity contribution in [1.29, 1.82) is 0 Å². The van der Waals surface area contributed by atoms with E-state index in [1.807, 2.05) is 19.1 Å². The van der Waals surface area contributed by atoms with Gasteiger partial charge in [0.1, 0.15) is 6.10 Å². The quantitative estimate of drug-likeness (QED) is 0.600. The molecule has 0 aliphatic carbocycles. The van der Waals surface area contributed by atoms with Crippen LogP contribution in [0.2, 0.25) is 0 Å². The zero-order valence-electron chi connectivity index (χ0n) is 14.6. The SMILES string of the molecule is CCCCc1cccc([NH+]=C(O)O[C@@H](C)CN2CCCCC2)c1. The minimum absolute atomic E-state index is 0.0242. The summed E-state index contributed by atoms with van der Waals surface area (Å²) in [5, 5.41) is 10.0. The minimum atomic E-state index is -0.109. The molecule has 1 fully saturated rings. The number of benzene rings is 1. The Bertz CT molecular complexity index is 496. The summed E-state index contributed by atoms with van der Waals surface area (Å²) in [6, 6.07) is 8.16. The highest BCUT2D eigenvalue weighted by Crippen LogP contribution is 2.10. The summed E-state index contributed by atoms with van der Waals surface area (Å²) in [6.07, 6.45) is 7.18. The summed E-state index contributed by atoms with van der Waals surface area (Å²) in [5.41, 5.74) is 2.16. The number of aliphatic hydroxyl groups is 1. The van der Waals surface area contributed by atoms with E-state index in [9.17, 15) is 5.11 Å². The fourth-order valence-electron chi connectivity index (χ4n) is 3.07. The van der Waals surface area contributed by atoms with Gasteiger partial charge in [-0.2, -0.15) is 0 Å². The first kappa shape index (κ1) is 17.8. The van der Waals surface area contributed by atoms with E-state index >= 15 is 0 Å². The maximum Gasteiger partial charge on any atom is 0.551 e. The first-order chi connectivity index (χ1) is 11.2. The van der Waals surface area contributed by atoms with Crippen molar-refractivity contribution in [2.45, 2.75) is 58.5 Å². The lowest BCUT2D eigenvalue weighted by atomic mass is 10.1. The molecule has 1 aromatic rings. The van der Waals surface area contributed by atoms with Crippen LogP contribution in [0.3, 0.4) is 0 Å². The van der Waals surface area contributed by atoms with Gasteiger partial charge in [-0.3, -0.25) is 4.90 Å². The topological polar surface area (TPSA) is 46.7 Å². The highest BCUT2D eigenvalue weighted by Gasteiger charge is 2.17. The van der Waals surface area contributed by atoms with Crippen LogP contribution in [-0.2, 0) is 11.2 Å². The van der Waals surface area contributed by atoms with Crippen molar-refractivity contribution in [3.8, 4) is 0 Å². The second kappa shape index (κ2) is 9.56. The molecule has 1 heterocycles. The Labute approximate surface area is 140 Å². The summed E-state index contributed by atoms with van der Waals surface area (Å²) in [6.45, 7) is 7.34. The average Bonchev–Trinajstić information content (AvgIpc) is 2.54. The molecule has 2 rings (SSSR count). The van der Waals surface area contributed by atoms with Gasteiger partial charge in [-0.15, -0.1) is 4.99 Å². The lowest BCUT2D eigenvalue weighted by Crippen LogP contribution is -2.67. The van der Waals surface area contributed by atoms with Gasteiger partial charge in [0.05, 0.1) is 0 Å². The van der Waals surface area contributed by atoms with Gasteiger partial charge >= 0.3 is 6.08 Å². The fraction of sp³-hybridized carbons (Fsp3) is 0.632. The van der Waals surface area contributed by atoms with Crippen LogP contribution in [0.25, 0.3) is 0 Å². The van der Waals surface area contributed by atoms with Gasteiger partial charge in [0, 0.05) is 18.7 Å². The van der Waals surface area contributed by atoms with E-state index in [-0.39, 0.29) is 12.2 Å². The van der Waals surface area contributed by atoms with Crippen LogP contribution in [0.1, 0.15) is 51.5 Å². The molecule has 0 spiro atoms. The Hall–Kier alpha value is -1.55. The molecule has 0 bridgehead atoms. The number of aliphatic hydroxyl groups excluding tert-OH is 1. The number of piperidine rings is 1. The van der Waals surface area contributed by atoms with Crippen LogP contribution >= 0.6 is 0 Å². The maximum atomic E-state index is 10.0. The molecule has 0 saturated carbocycles. The van der Waals surface area contributed by atoms with Crippen LogP contribution in [-0.4, -0.2) is 41.8 Å². The molecule has 128 valence electrons. The van der Waals surface area contributed by atoms with E-state index < -0.39 is 0 Å². The monoisotopic (exact) mass is 319 g/mol. The third-order valence-electron chi connectivity index (χ3n) is 4.27. The van der Waals surface area contributed by atoms with Crippen LogP contribution in [0.5, 0.6) is 0 Å². The number of unbranched alkanes of at least 4 members (excludes halogenated alkanes) is 1. The van der Waals surface area contributed by atoms with Crippen LogP contribution in [0.4, 0.5) is 5.69 Å². The molecule has 4 nitrogen and oxygen atoms in total. The van der Waals surface area contributed by atoms with Crippen molar-refractivity contribution in [3.05, 3.63) is 29.8 Å². The molecular formula is C19H31N2O2+. The number of aryl methyl sites for hydroxylation is 1. The van der Waals surface area contributed by atoms with E-state index in [4.69, 9.17) is 4.74 Å². The molecule has 1 aliphatic rings. The van der Waals surface area contributed by atoms with Gasteiger partial charge in [-0.1, -0.05) is 31.9 Å². The molecule has 1 saturated heterocycles. The third kappa shape index (κ3) is 6.61. The highest BCUT2D eigenvalue weighted by atomic mass is 16.6. The normalized spacial score (nSPS) is 17.9. The predicted molar refractivity (Wildman–Crippen MR) is 94.2 cm³/mol. The van der Waals surface area contributed by atoms with Crippen molar-refractivity contribution in [3.63, 3.8) is 0 Å². The Morgan fingerprint density at radius 3 is 2.83 bits per heavy atom. The van der Waals surface area contributed by atoms with E-state index in [1.54, 1.807) is 0 Å². The number of ether oxygens (including phenoxy) is 1. The second-order valence-electron chi connectivity index (χ2n) is 6.52. The number of nitrogens with zero attached hydrogens (tertiary/aromatic N) is 1. The Balaban J connectivity index is 1.85. The third-order valence-corrected chi connectivity index (χ3v) is 4.27. The van der Waals surface area contributed by atoms with Gasteiger partial charge in [0.15, 0.2) is 0 Å². The average molecular weight is 319 g/mol. The van der Waals surface area contributed by atoms with Crippen molar-refractivity contribution in [1.82, 2.24) is 4.90 Å². The van der Waals surface area contributed by atoms with Crippen LogP contribution < -0.4 is 4.99 Å². The van der Waals surface area contributed by atoms with Crippen molar-refractivity contribution >= 4 is 11.8 Å². The number of rotatable bonds is 7. The van der Waals surface area contributed by atoms with Gasteiger partial charge < -0.3 is 9.84 Å². The van der Waals surface area contributed by atoms with Crippen molar-refractivity contribution in [2.75, 3.05) is 19.6 Å². The molecular weight excluding hydrogens is 288 g/mol. The number of likely N-dealkylation sites (tertiary alicyclic amines) is 1. The van der Waals surface area contributed by atoms with Crippen LogP contribution in [0.15, 0.2) is 24.3 Å². The summed E-state index contributed by atoms with van der Waals surface area (Å²) < 4.78 is 5.60. The summed E-state index contributed by atoms with van der Waals surface area (Å²) in [7, 11) is 0. The summed E-state index contributed by atoms with van der Waals surface area (Å²) in [4.78, 5) is 5.37.